The van der Waals surface area contributed by atoms with Crippen molar-refractivity contribution in [3.8, 4) is 10.4 Å². The SMILES string of the molecule is C=CCN1CCN(C(=O)c2cc(C)c(-c3ccccc3)s2)CC1. The highest BCUT2D eigenvalue weighted by molar-refractivity contribution is 7.17. The Labute approximate surface area is 141 Å². The van der Waals surface area contributed by atoms with Crippen molar-refractivity contribution in [3.05, 3.63) is 59.5 Å². The van der Waals surface area contributed by atoms with Gasteiger partial charge in [-0.15, -0.1) is 17.9 Å². The van der Waals surface area contributed by atoms with Gasteiger partial charge in [0.2, 0.25) is 0 Å². The molecule has 1 amide bonds. The van der Waals surface area contributed by atoms with E-state index >= 15 is 0 Å². The fourth-order valence-electron chi connectivity index (χ4n) is 2.94. The van der Waals surface area contributed by atoms with Crippen LogP contribution in [0.4, 0.5) is 0 Å². The number of carbonyl (C=O) groups is 1. The average molecular weight is 326 g/mol. The van der Waals surface area contributed by atoms with Crippen LogP contribution in [0.3, 0.4) is 0 Å². The fraction of sp³-hybridized carbons (Fsp3) is 0.316. The van der Waals surface area contributed by atoms with Gasteiger partial charge in [-0.25, -0.2) is 0 Å². The monoisotopic (exact) mass is 326 g/mol. The predicted octanol–water partition coefficient (Wildman–Crippen LogP) is 3.67. The van der Waals surface area contributed by atoms with Gasteiger partial charge >= 0.3 is 0 Å². The summed E-state index contributed by atoms with van der Waals surface area (Å²) >= 11 is 1.60. The maximum absolute atomic E-state index is 12.8. The number of thiophene rings is 1. The normalized spacial score (nSPS) is 15.6. The van der Waals surface area contributed by atoms with Crippen molar-refractivity contribution >= 4 is 17.2 Å². The molecule has 120 valence electrons. The number of aryl methyl sites for hydroxylation is 1. The molecule has 0 N–H and O–H groups in total. The molecule has 0 radical (unpaired) electrons. The van der Waals surface area contributed by atoms with Crippen molar-refractivity contribution in [1.82, 2.24) is 9.80 Å². The zero-order valence-electron chi connectivity index (χ0n) is 13.5. The van der Waals surface area contributed by atoms with Crippen molar-refractivity contribution in [1.29, 1.82) is 0 Å². The Hall–Kier alpha value is -1.91. The molecule has 0 unspecified atom stereocenters. The minimum atomic E-state index is 0.165. The summed E-state index contributed by atoms with van der Waals surface area (Å²) in [5.74, 6) is 0.165. The van der Waals surface area contributed by atoms with Crippen LogP contribution in [0.15, 0.2) is 49.1 Å². The molecular formula is C19H22N2OS. The Morgan fingerprint density at radius 1 is 1.22 bits per heavy atom. The van der Waals surface area contributed by atoms with Crippen molar-refractivity contribution < 1.29 is 4.79 Å². The van der Waals surface area contributed by atoms with Gasteiger partial charge in [0.25, 0.3) is 5.91 Å². The summed E-state index contributed by atoms with van der Waals surface area (Å²) in [6, 6.07) is 12.3. The molecule has 2 aromatic rings. The lowest BCUT2D eigenvalue weighted by atomic mass is 10.1. The van der Waals surface area contributed by atoms with Crippen molar-refractivity contribution in [2.45, 2.75) is 6.92 Å². The van der Waals surface area contributed by atoms with Gasteiger partial charge in [-0.05, 0) is 24.1 Å². The molecule has 0 spiro atoms. The molecule has 0 atom stereocenters. The Morgan fingerprint density at radius 2 is 1.91 bits per heavy atom. The molecule has 2 heterocycles. The fourth-order valence-corrected chi connectivity index (χ4v) is 4.08. The maximum atomic E-state index is 12.8. The first-order valence-electron chi connectivity index (χ1n) is 7.97. The van der Waals surface area contributed by atoms with Crippen molar-refractivity contribution in [3.63, 3.8) is 0 Å². The van der Waals surface area contributed by atoms with E-state index in [4.69, 9.17) is 0 Å². The van der Waals surface area contributed by atoms with Gasteiger partial charge in [-0.3, -0.25) is 9.69 Å². The second kappa shape index (κ2) is 7.11. The van der Waals surface area contributed by atoms with Gasteiger partial charge < -0.3 is 4.90 Å². The number of hydrogen-bond donors (Lipinski definition) is 0. The summed E-state index contributed by atoms with van der Waals surface area (Å²) < 4.78 is 0. The maximum Gasteiger partial charge on any atom is 0.264 e. The molecule has 1 aromatic carbocycles. The summed E-state index contributed by atoms with van der Waals surface area (Å²) in [5.41, 5.74) is 2.36. The van der Waals surface area contributed by atoms with Crippen LogP contribution in [0, 0.1) is 6.92 Å². The summed E-state index contributed by atoms with van der Waals surface area (Å²) in [6.45, 7) is 10.2. The Balaban J connectivity index is 1.73. The van der Waals surface area contributed by atoms with Gasteiger partial charge in [-0.2, -0.15) is 0 Å². The van der Waals surface area contributed by atoms with Crippen LogP contribution in [-0.4, -0.2) is 48.4 Å². The number of rotatable bonds is 4. The molecule has 1 fully saturated rings. The van der Waals surface area contributed by atoms with E-state index in [0.717, 1.165) is 37.6 Å². The first-order chi connectivity index (χ1) is 11.2. The average Bonchev–Trinajstić information content (AvgIpc) is 2.98. The van der Waals surface area contributed by atoms with Crippen LogP contribution in [0.5, 0.6) is 0 Å². The zero-order valence-corrected chi connectivity index (χ0v) is 14.3. The largest absolute Gasteiger partial charge is 0.335 e. The summed E-state index contributed by atoms with van der Waals surface area (Å²) in [4.78, 5) is 19.1. The van der Waals surface area contributed by atoms with Crippen molar-refractivity contribution in [2.24, 2.45) is 0 Å². The third-order valence-corrected chi connectivity index (χ3v) is 5.49. The van der Waals surface area contributed by atoms with Gasteiger partial charge in [0, 0.05) is 37.6 Å². The molecule has 1 aliphatic rings. The third kappa shape index (κ3) is 3.54. The standard InChI is InChI=1S/C19H22N2OS/c1-3-9-20-10-12-21(13-11-20)19(22)17-14-15(2)18(23-17)16-7-5-4-6-8-16/h3-8,14H,1,9-13H2,2H3. The molecule has 0 bridgehead atoms. The smallest absolute Gasteiger partial charge is 0.264 e. The van der Waals surface area contributed by atoms with Gasteiger partial charge in [-0.1, -0.05) is 36.4 Å². The molecule has 0 aliphatic carbocycles. The lowest BCUT2D eigenvalue weighted by Gasteiger charge is -2.33. The van der Waals surface area contributed by atoms with E-state index in [1.165, 1.54) is 16.0 Å². The first-order valence-corrected chi connectivity index (χ1v) is 8.79. The first kappa shape index (κ1) is 16.0. The van der Waals surface area contributed by atoms with E-state index in [1.54, 1.807) is 11.3 Å². The number of amides is 1. The van der Waals surface area contributed by atoms with E-state index < -0.39 is 0 Å². The van der Waals surface area contributed by atoms with Gasteiger partial charge in [0.15, 0.2) is 0 Å². The highest BCUT2D eigenvalue weighted by atomic mass is 32.1. The van der Waals surface area contributed by atoms with Gasteiger partial charge in [0.05, 0.1) is 4.88 Å². The minimum absolute atomic E-state index is 0.165. The van der Waals surface area contributed by atoms with E-state index in [2.05, 4.69) is 30.5 Å². The quantitative estimate of drug-likeness (QED) is 0.801. The molecule has 3 nitrogen and oxygen atoms in total. The highest BCUT2D eigenvalue weighted by Gasteiger charge is 2.23. The zero-order chi connectivity index (χ0) is 16.2. The molecule has 1 aromatic heterocycles. The lowest BCUT2D eigenvalue weighted by Crippen LogP contribution is -2.48. The van der Waals surface area contributed by atoms with Gasteiger partial charge in [0.1, 0.15) is 0 Å². The molecule has 3 rings (SSSR count). The Morgan fingerprint density at radius 3 is 2.57 bits per heavy atom. The van der Waals surface area contributed by atoms with Crippen LogP contribution in [-0.2, 0) is 0 Å². The summed E-state index contributed by atoms with van der Waals surface area (Å²) in [7, 11) is 0. The van der Waals surface area contributed by atoms with E-state index in [9.17, 15) is 4.79 Å². The second-order valence-electron chi connectivity index (χ2n) is 5.87. The molecular weight excluding hydrogens is 304 g/mol. The van der Waals surface area contributed by atoms with Crippen LogP contribution in [0.25, 0.3) is 10.4 Å². The third-order valence-electron chi connectivity index (χ3n) is 4.21. The highest BCUT2D eigenvalue weighted by Crippen LogP contribution is 2.32. The van der Waals surface area contributed by atoms with Crippen LogP contribution >= 0.6 is 11.3 Å². The Bertz CT molecular complexity index is 685. The molecule has 1 saturated heterocycles. The Kier molecular flexibility index (Phi) is 4.94. The number of hydrogen-bond acceptors (Lipinski definition) is 3. The van der Waals surface area contributed by atoms with Crippen molar-refractivity contribution in [2.75, 3.05) is 32.7 Å². The molecule has 23 heavy (non-hydrogen) atoms. The number of benzene rings is 1. The molecule has 0 saturated carbocycles. The second-order valence-corrected chi connectivity index (χ2v) is 6.92. The van der Waals surface area contributed by atoms with E-state index in [-0.39, 0.29) is 5.91 Å². The van der Waals surface area contributed by atoms with Crippen LogP contribution in [0.1, 0.15) is 15.2 Å². The summed E-state index contributed by atoms with van der Waals surface area (Å²) in [5, 5.41) is 0. The predicted molar refractivity (Wildman–Crippen MR) is 97.0 cm³/mol. The molecule has 4 heteroatoms. The van der Waals surface area contributed by atoms with E-state index in [0.29, 0.717) is 0 Å². The van der Waals surface area contributed by atoms with Crippen LogP contribution in [0.2, 0.25) is 0 Å². The van der Waals surface area contributed by atoms with Crippen LogP contribution < -0.4 is 0 Å². The summed E-state index contributed by atoms with van der Waals surface area (Å²) in [6.07, 6.45) is 1.92. The van der Waals surface area contributed by atoms with E-state index in [1.807, 2.05) is 35.2 Å². The molecule has 1 aliphatic heterocycles. The lowest BCUT2D eigenvalue weighted by molar-refractivity contribution is 0.0655. The topological polar surface area (TPSA) is 23.6 Å². The number of nitrogens with zero attached hydrogens (tertiary/aromatic N) is 2. The number of carbonyl (C=O) groups excluding carboxylic acids is 1. The number of piperazine rings is 1. The minimum Gasteiger partial charge on any atom is -0.335 e.